The van der Waals surface area contributed by atoms with E-state index < -0.39 is 0 Å². The number of nitrogens with zero attached hydrogens (tertiary/aromatic N) is 2. The molecule has 3 heterocycles. The first-order chi connectivity index (χ1) is 8.33. The van der Waals surface area contributed by atoms with Crippen LogP contribution in [0.2, 0.25) is 0 Å². The van der Waals surface area contributed by atoms with E-state index in [0.717, 1.165) is 50.7 Å². The number of hydrogen-bond acceptors (Lipinski definition) is 5. The van der Waals surface area contributed by atoms with Crippen LogP contribution in [0.15, 0.2) is 4.52 Å². The maximum atomic E-state index is 5.58. The van der Waals surface area contributed by atoms with Crippen LogP contribution in [-0.2, 0) is 11.2 Å². The number of ether oxygens (including phenoxy) is 1. The predicted molar refractivity (Wildman–Crippen MR) is 61.8 cm³/mol. The lowest BCUT2D eigenvalue weighted by molar-refractivity contribution is 0.109. The average molecular weight is 237 g/mol. The molecule has 1 N–H and O–H groups in total. The molecule has 3 unspecified atom stereocenters. The molecule has 0 spiro atoms. The number of aromatic nitrogens is 2. The molecule has 0 aliphatic carbocycles. The van der Waals surface area contributed by atoms with Gasteiger partial charge in [0, 0.05) is 19.6 Å². The first kappa shape index (κ1) is 11.2. The van der Waals surface area contributed by atoms with E-state index in [4.69, 9.17) is 9.26 Å². The minimum atomic E-state index is 0.291. The van der Waals surface area contributed by atoms with Crippen molar-refractivity contribution in [3.63, 3.8) is 0 Å². The first-order valence-electron chi connectivity index (χ1n) is 6.47. The van der Waals surface area contributed by atoms with Crippen LogP contribution in [0, 0.1) is 5.92 Å². The first-order valence-corrected chi connectivity index (χ1v) is 6.47. The van der Waals surface area contributed by atoms with Gasteiger partial charge in [-0.2, -0.15) is 4.98 Å². The third-order valence-corrected chi connectivity index (χ3v) is 3.75. The molecule has 5 heteroatoms. The molecule has 2 fully saturated rings. The van der Waals surface area contributed by atoms with Gasteiger partial charge in [0.15, 0.2) is 5.82 Å². The lowest BCUT2D eigenvalue weighted by Gasteiger charge is -2.07. The second kappa shape index (κ2) is 4.74. The second-order valence-corrected chi connectivity index (χ2v) is 5.13. The Morgan fingerprint density at radius 3 is 3.06 bits per heavy atom. The van der Waals surface area contributed by atoms with E-state index in [1.807, 2.05) is 0 Å². The smallest absolute Gasteiger partial charge is 0.231 e. The summed E-state index contributed by atoms with van der Waals surface area (Å²) in [6.07, 6.45) is 3.35. The highest BCUT2D eigenvalue weighted by Crippen LogP contribution is 2.26. The molecule has 0 amide bonds. The highest BCUT2D eigenvalue weighted by molar-refractivity contribution is 5.01. The third-order valence-electron chi connectivity index (χ3n) is 3.75. The number of hydrogen-bond donors (Lipinski definition) is 1. The van der Waals surface area contributed by atoms with Crippen LogP contribution in [-0.4, -0.2) is 35.9 Å². The zero-order valence-corrected chi connectivity index (χ0v) is 10.2. The zero-order valence-electron chi connectivity index (χ0n) is 10.2. The number of nitrogens with one attached hydrogen (secondary N) is 1. The van der Waals surface area contributed by atoms with Crippen molar-refractivity contribution in [2.45, 2.75) is 38.2 Å². The molecule has 1 aromatic rings. The van der Waals surface area contributed by atoms with Gasteiger partial charge < -0.3 is 14.6 Å². The fraction of sp³-hybridized carbons (Fsp3) is 0.833. The van der Waals surface area contributed by atoms with Gasteiger partial charge in [-0.05, 0) is 25.3 Å². The molecule has 0 radical (unpaired) electrons. The van der Waals surface area contributed by atoms with Crippen molar-refractivity contribution in [2.24, 2.45) is 5.92 Å². The number of rotatable bonds is 3. The molecule has 0 saturated carbocycles. The van der Waals surface area contributed by atoms with Gasteiger partial charge in [-0.25, -0.2) is 0 Å². The van der Waals surface area contributed by atoms with Crippen molar-refractivity contribution in [3.05, 3.63) is 11.7 Å². The molecular weight excluding hydrogens is 218 g/mol. The minimum absolute atomic E-state index is 0.291. The molecule has 2 aliphatic heterocycles. The van der Waals surface area contributed by atoms with Crippen LogP contribution >= 0.6 is 0 Å². The highest BCUT2D eigenvalue weighted by atomic mass is 16.5. The molecular formula is C12H19N3O2. The molecule has 1 aromatic heterocycles. The molecule has 3 rings (SSSR count). The summed E-state index contributed by atoms with van der Waals surface area (Å²) in [6.45, 7) is 5.07. The van der Waals surface area contributed by atoms with Crippen molar-refractivity contribution in [1.82, 2.24) is 15.5 Å². The summed E-state index contributed by atoms with van der Waals surface area (Å²) >= 11 is 0. The second-order valence-electron chi connectivity index (χ2n) is 5.13. The Hall–Kier alpha value is -0.940. The van der Waals surface area contributed by atoms with E-state index >= 15 is 0 Å². The van der Waals surface area contributed by atoms with E-state index in [1.54, 1.807) is 0 Å². The summed E-state index contributed by atoms with van der Waals surface area (Å²) in [5.74, 6) is 2.54. The fourth-order valence-corrected chi connectivity index (χ4v) is 2.65. The van der Waals surface area contributed by atoms with Crippen LogP contribution in [0.3, 0.4) is 0 Å². The Morgan fingerprint density at radius 2 is 2.35 bits per heavy atom. The van der Waals surface area contributed by atoms with Crippen LogP contribution in [0.25, 0.3) is 0 Å². The van der Waals surface area contributed by atoms with Gasteiger partial charge in [0.1, 0.15) is 0 Å². The zero-order chi connectivity index (χ0) is 11.7. The van der Waals surface area contributed by atoms with Gasteiger partial charge >= 0.3 is 0 Å². The molecule has 17 heavy (non-hydrogen) atoms. The SMILES string of the molecule is CC1CNCC1c1nc(CC2CCCO2)no1. The Balaban J connectivity index is 1.65. The maximum Gasteiger partial charge on any atom is 0.231 e. The van der Waals surface area contributed by atoms with Crippen molar-refractivity contribution in [2.75, 3.05) is 19.7 Å². The van der Waals surface area contributed by atoms with E-state index in [1.165, 1.54) is 0 Å². The molecule has 2 saturated heterocycles. The van der Waals surface area contributed by atoms with Crippen molar-refractivity contribution in [3.8, 4) is 0 Å². The summed E-state index contributed by atoms with van der Waals surface area (Å²) in [6, 6.07) is 0. The lowest BCUT2D eigenvalue weighted by Crippen LogP contribution is -2.11. The topological polar surface area (TPSA) is 60.2 Å². The van der Waals surface area contributed by atoms with Gasteiger partial charge in [0.25, 0.3) is 0 Å². The summed E-state index contributed by atoms with van der Waals surface area (Å²) in [4.78, 5) is 4.51. The molecule has 94 valence electrons. The summed E-state index contributed by atoms with van der Waals surface area (Å²) in [5.41, 5.74) is 0. The third kappa shape index (κ3) is 2.35. The lowest BCUT2D eigenvalue weighted by atomic mass is 9.98. The Morgan fingerprint density at radius 1 is 1.41 bits per heavy atom. The molecule has 3 atom stereocenters. The maximum absolute atomic E-state index is 5.58. The minimum Gasteiger partial charge on any atom is -0.378 e. The fourth-order valence-electron chi connectivity index (χ4n) is 2.65. The summed E-state index contributed by atoms with van der Waals surface area (Å²) in [5, 5.41) is 7.42. The molecule has 0 aromatic carbocycles. The van der Waals surface area contributed by atoms with Gasteiger partial charge in [0.2, 0.25) is 5.89 Å². The predicted octanol–water partition coefficient (Wildman–Crippen LogP) is 1.11. The van der Waals surface area contributed by atoms with Crippen LogP contribution < -0.4 is 5.32 Å². The van der Waals surface area contributed by atoms with Crippen LogP contribution in [0.5, 0.6) is 0 Å². The van der Waals surface area contributed by atoms with Crippen molar-refractivity contribution in [1.29, 1.82) is 0 Å². The van der Waals surface area contributed by atoms with E-state index in [0.29, 0.717) is 17.9 Å². The van der Waals surface area contributed by atoms with E-state index in [2.05, 4.69) is 22.4 Å². The van der Waals surface area contributed by atoms with Gasteiger partial charge in [-0.1, -0.05) is 12.1 Å². The van der Waals surface area contributed by atoms with Crippen LogP contribution in [0.1, 0.15) is 37.4 Å². The van der Waals surface area contributed by atoms with Crippen molar-refractivity contribution < 1.29 is 9.26 Å². The van der Waals surface area contributed by atoms with Crippen LogP contribution in [0.4, 0.5) is 0 Å². The molecule has 5 nitrogen and oxygen atoms in total. The highest BCUT2D eigenvalue weighted by Gasteiger charge is 2.30. The van der Waals surface area contributed by atoms with E-state index in [-0.39, 0.29) is 0 Å². The quantitative estimate of drug-likeness (QED) is 0.853. The molecule has 2 aliphatic rings. The Bertz CT molecular complexity index is 374. The van der Waals surface area contributed by atoms with E-state index in [9.17, 15) is 0 Å². The summed E-state index contributed by atoms with van der Waals surface area (Å²) < 4.78 is 11.0. The average Bonchev–Trinajstić information content (AvgIpc) is 3.00. The normalized spacial score (nSPS) is 33.4. The van der Waals surface area contributed by atoms with Gasteiger partial charge in [0.05, 0.1) is 12.0 Å². The van der Waals surface area contributed by atoms with Gasteiger partial charge in [-0.15, -0.1) is 0 Å². The molecule has 0 bridgehead atoms. The standard InChI is InChI=1S/C12H19N3O2/c1-8-6-13-7-10(8)12-14-11(15-17-12)5-9-3-2-4-16-9/h8-10,13H,2-7H2,1H3. The Kier molecular flexibility index (Phi) is 3.11. The van der Waals surface area contributed by atoms with Gasteiger partial charge in [-0.3, -0.25) is 0 Å². The Labute approximate surface area is 101 Å². The largest absolute Gasteiger partial charge is 0.378 e. The monoisotopic (exact) mass is 237 g/mol. The summed E-state index contributed by atoms with van der Waals surface area (Å²) in [7, 11) is 0. The van der Waals surface area contributed by atoms with Crippen molar-refractivity contribution >= 4 is 0 Å².